The molecule has 2 atom stereocenters. The number of nitrogens with two attached hydrogens (primary N) is 2. The number of ketones is 2. The van der Waals surface area contributed by atoms with Gasteiger partial charge in [-0.25, -0.2) is 4.63 Å². The summed E-state index contributed by atoms with van der Waals surface area (Å²) in [7, 11) is 0. The lowest BCUT2D eigenvalue weighted by molar-refractivity contribution is -0.139. The second kappa shape index (κ2) is 2.44. The van der Waals surface area contributed by atoms with Crippen LogP contribution in [0.3, 0.4) is 0 Å². The van der Waals surface area contributed by atoms with E-state index in [9.17, 15) is 9.59 Å². The van der Waals surface area contributed by atoms with E-state index in [2.05, 4.69) is 14.9 Å². The van der Waals surface area contributed by atoms with Crippen molar-refractivity contribution in [3.8, 4) is 0 Å². The molecule has 68 valence electrons. The first-order valence-electron chi connectivity index (χ1n) is 3.54. The fraction of sp³-hybridized carbons (Fsp3) is 0.333. The van der Waals surface area contributed by atoms with Crippen LogP contribution in [0.15, 0.2) is 4.63 Å². The van der Waals surface area contributed by atoms with Gasteiger partial charge in [0.05, 0.1) is 0 Å². The van der Waals surface area contributed by atoms with E-state index in [1.165, 1.54) is 0 Å². The summed E-state index contributed by atoms with van der Waals surface area (Å²) in [5.74, 6) is -1.51. The number of rotatable bonds is 0. The summed E-state index contributed by atoms with van der Waals surface area (Å²) in [6, 6.07) is -2.18. The van der Waals surface area contributed by atoms with E-state index < -0.39 is 23.7 Å². The molecular weight excluding hydrogens is 176 g/mol. The molecule has 1 aromatic rings. The maximum absolute atomic E-state index is 11.1. The summed E-state index contributed by atoms with van der Waals surface area (Å²) in [4.78, 5) is 22.3. The highest BCUT2D eigenvalue weighted by Gasteiger charge is 2.41. The van der Waals surface area contributed by atoms with Crippen LogP contribution in [-0.2, 0) is 9.59 Å². The molecule has 1 aliphatic carbocycles. The van der Waals surface area contributed by atoms with E-state index in [1.807, 2.05) is 0 Å². The highest BCUT2D eigenvalue weighted by molar-refractivity contribution is 6.41. The normalized spacial score (nSPS) is 27.5. The highest BCUT2D eigenvalue weighted by Crippen LogP contribution is 2.25. The number of Topliss-reactive ketones (excluding diaryl/α,β-unsaturated/α-hetero) is 2. The van der Waals surface area contributed by atoms with Crippen molar-refractivity contribution in [1.82, 2.24) is 10.3 Å². The molecule has 13 heavy (non-hydrogen) atoms. The summed E-state index contributed by atoms with van der Waals surface area (Å²) >= 11 is 0. The van der Waals surface area contributed by atoms with Gasteiger partial charge in [0.1, 0.15) is 23.5 Å². The third-order valence-electron chi connectivity index (χ3n) is 1.94. The summed E-state index contributed by atoms with van der Waals surface area (Å²) in [5, 5.41) is 6.82. The van der Waals surface area contributed by atoms with Gasteiger partial charge in [0, 0.05) is 0 Å². The first-order chi connectivity index (χ1) is 6.13. The Labute approximate surface area is 72.0 Å². The van der Waals surface area contributed by atoms with E-state index in [0.29, 0.717) is 0 Å². The Morgan fingerprint density at radius 2 is 1.38 bits per heavy atom. The molecule has 0 amide bonds. The van der Waals surface area contributed by atoms with Gasteiger partial charge in [0.15, 0.2) is 0 Å². The maximum Gasteiger partial charge on any atom is 0.223 e. The molecule has 0 bridgehead atoms. The summed E-state index contributed by atoms with van der Waals surface area (Å²) < 4.78 is 4.34. The molecule has 0 aliphatic heterocycles. The van der Waals surface area contributed by atoms with Crippen molar-refractivity contribution in [2.45, 2.75) is 12.1 Å². The first-order valence-corrected chi connectivity index (χ1v) is 3.54. The number of nitrogens with zero attached hydrogens (tertiary/aromatic N) is 2. The van der Waals surface area contributed by atoms with Gasteiger partial charge < -0.3 is 11.5 Å². The van der Waals surface area contributed by atoms with Crippen molar-refractivity contribution in [2.75, 3.05) is 0 Å². The van der Waals surface area contributed by atoms with Gasteiger partial charge in [0.2, 0.25) is 11.6 Å². The van der Waals surface area contributed by atoms with E-state index in [-0.39, 0.29) is 11.4 Å². The van der Waals surface area contributed by atoms with Gasteiger partial charge in [-0.1, -0.05) is 10.3 Å². The number of carbonyl (C=O) groups excluding carboxylic acids is 2. The molecule has 0 spiro atoms. The van der Waals surface area contributed by atoms with Crippen molar-refractivity contribution in [3.05, 3.63) is 11.4 Å². The minimum atomic E-state index is -1.09. The van der Waals surface area contributed by atoms with E-state index in [1.54, 1.807) is 0 Å². The van der Waals surface area contributed by atoms with E-state index in [0.717, 1.165) is 0 Å². The molecule has 7 heteroatoms. The fourth-order valence-corrected chi connectivity index (χ4v) is 1.19. The van der Waals surface area contributed by atoms with Crippen LogP contribution >= 0.6 is 0 Å². The van der Waals surface area contributed by atoms with Crippen LogP contribution in [0.1, 0.15) is 23.5 Å². The van der Waals surface area contributed by atoms with Crippen LogP contribution in [0, 0.1) is 0 Å². The quantitative estimate of drug-likeness (QED) is 0.454. The molecule has 4 N–H and O–H groups in total. The molecule has 0 fully saturated rings. The maximum atomic E-state index is 11.1. The average Bonchev–Trinajstić information content (AvgIpc) is 2.59. The Hall–Kier alpha value is -1.60. The third-order valence-corrected chi connectivity index (χ3v) is 1.94. The SMILES string of the molecule is N[C@@H]1C(=O)C(=O)[C@H](N)c2nonc21. The van der Waals surface area contributed by atoms with E-state index in [4.69, 9.17) is 11.5 Å². The van der Waals surface area contributed by atoms with Gasteiger partial charge in [-0.3, -0.25) is 9.59 Å². The fourth-order valence-electron chi connectivity index (χ4n) is 1.19. The van der Waals surface area contributed by atoms with Crippen molar-refractivity contribution < 1.29 is 14.2 Å². The lowest BCUT2D eigenvalue weighted by Gasteiger charge is -2.16. The standard InChI is InChI=1S/C6H6N4O3/c7-1-3-4(10-13-9-3)2(8)6(12)5(1)11/h1-2H,7-8H2/t1-,2+. The molecule has 1 aromatic heterocycles. The zero-order valence-corrected chi connectivity index (χ0v) is 6.43. The number of carbonyl (C=O) groups is 2. The molecule has 0 aromatic carbocycles. The monoisotopic (exact) mass is 182 g/mol. The number of aromatic nitrogens is 2. The smallest absolute Gasteiger partial charge is 0.223 e. The van der Waals surface area contributed by atoms with Crippen LogP contribution in [-0.4, -0.2) is 21.9 Å². The third kappa shape index (κ3) is 0.910. The minimum absolute atomic E-state index is 0.150. The number of fused-ring (bicyclic) bond motifs is 1. The second-order valence-corrected chi connectivity index (χ2v) is 2.72. The van der Waals surface area contributed by atoms with Gasteiger partial charge >= 0.3 is 0 Å². The molecule has 0 unspecified atom stereocenters. The van der Waals surface area contributed by atoms with E-state index >= 15 is 0 Å². The largest absolute Gasteiger partial charge is 0.316 e. The van der Waals surface area contributed by atoms with Gasteiger partial charge in [0.25, 0.3) is 0 Å². The molecule has 1 aliphatic rings. The predicted octanol–water partition coefficient (Wildman–Crippen LogP) is -1.78. The zero-order valence-electron chi connectivity index (χ0n) is 6.43. The zero-order chi connectivity index (χ0) is 9.59. The average molecular weight is 182 g/mol. The van der Waals surface area contributed by atoms with Crippen LogP contribution in [0.25, 0.3) is 0 Å². The van der Waals surface area contributed by atoms with Gasteiger partial charge in [-0.2, -0.15) is 0 Å². The summed E-state index contributed by atoms with van der Waals surface area (Å²) in [6.45, 7) is 0. The molecule has 0 saturated heterocycles. The van der Waals surface area contributed by atoms with Crippen LogP contribution in [0.5, 0.6) is 0 Å². The molecule has 1 heterocycles. The highest BCUT2D eigenvalue weighted by atomic mass is 16.6. The minimum Gasteiger partial charge on any atom is -0.316 e. The molecule has 0 saturated carbocycles. The topological polar surface area (TPSA) is 125 Å². The molecule has 7 nitrogen and oxygen atoms in total. The lowest BCUT2D eigenvalue weighted by Crippen LogP contribution is -2.41. The lowest BCUT2D eigenvalue weighted by atomic mass is 9.91. The van der Waals surface area contributed by atoms with Gasteiger partial charge in [-0.05, 0) is 0 Å². The van der Waals surface area contributed by atoms with Gasteiger partial charge in [-0.15, -0.1) is 0 Å². The number of hydrogen-bond acceptors (Lipinski definition) is 7. The Balaban J connectivity index is 2.59. The second-order valence-electron chi connectivity index (χ2n) is 2.72. The van der Waals surface area contributed by atoms with Crippen molar-refractivity contribution in [3.63, 3.8) is 0 Å². The Morgan fingerprint density at radius 1 is 1.00 bits per heavy atom. The van der Waals surface area contributed by atoms with Crippen molar-refractivity contribution in [1.29, 1.82) is 0 Å². The van der Waals surface area contributed by atoms with Crippen LogP contribution in [0.2, 0.25) is 0 Å². The van der Waals surface area contributed by atoms with Crippen molar-refractivity contribution in [2.24, 2.45) is 11.5 Å². The van der Waals surface area contributed by atoms with Crippen molar-refractivity contribution >= 4 is 11.6 Å². The predicted molar refractivity (Wildman–Crippen MR) is 38.2 cm³/mol. The molecular formula is C6H6N4O3. The molecule has 2 rings (SSSR count). The Bertz CT molecular complexity index is 350. The van der Waals surface area contributed by atoms with Crippen LogP contribution < -0.4 is 11.5 Å². The number of hydrogen-bond donors (Lipinski definition) is 2. The Kier molecular flexibility index (Phi) is 1.51. The first kappa shape index (κ1) is 8.02. The summed E-state index contributed by atoms with van der Waals surface area (Å²) in [5.41, 5.74) is 11.1. The van der Waals surface area contributed by atoms with Crippen LogP contribution in [0.4, 0.5) is 0 Å². The molecule has 0 radical (unpaired) electrons. The summed E-state index contributed by atoms with van der Waals surface area (Å²) in [6.07, 6.45) is 0. The Morgan fingerprint density at radius 3 is 1.77 bits per heavy atom.